The van der Waals surface area contributed by atoms with E-state index in [-0.39, 0.29) is 0 Å². The Bertz CT molecular complexity index is 875. The van der Waals surface area contributed by atoms with Crippen molar-refractivity contribution in [2.75, 3.05) is 5.73 Å². The normalized spacial score (nSPS) is 19.6. The van der Waals surface area contributed by atoms with Crippen LogP contribution in [0.2, 0.25) is 0 Å². The Morgan fingerprint density at radius 3 is 1.89 bits per heavy atom. The first-order chi connectivity index (χ1) is 13.2. The summed E-state index contributed by atoms with van der Waals surface area (Å²) in [5.74, 6) is 3.07. The minimum absolute atomic E-state index is 0.663. The summed E-state index contributed by atoms with van der Waals surface area (Å²) in [5.41, 5.74) is 10.9. The monoisotopic (exact) mass is 357 g/mol. The molecular weight excluding hydrogens is 330 g/mol. The van der Waals surface area contributed by atoms with Crippen molar-refractivity contribution < 1.29 is 4.74 Å². The molecule has 2 N–H and O–H groups in total. The first-order valence-electron chi connectivity index (χ1n) is 9.88. The Morgan fingerprint density at radius 1 is 0.704 bits per heavy atom. The minimum atomic E-state index is 0.663. The molecule has 0 heterocycles. The molecule has 3 aromatic rings. The number of anilines is 1. The van der Waals surface area contributed by atoms with E-state index in [9.17, 15) is 0 Å². The van der Waals surface area contributed by atoms with Crippen LogP contribution in [0.15, 0.2) is 72.8 Å². The summed E-state index contributed by atoms with van der Waals surface area (Å²) in [4.78, 5) is 0. The number of benzene rings is 3. The lowest BCUT2D eigenvalue weighted by molar-refractivity contribution is 0.395. The molecule has 0 radical (unpaired) electrons. The van der Waals surface area contributed by atoms with Crippen LogP contribution in [0.1, 0.15) is 54.2 Å². The van der Waals surface area contributed by atoms with Gasteiger partial charge in [0.1, 0.15) is 11.5 Å². The lowest BCUT2D eigenvalue weighted by atomic mass is 9.75. The summed E-state index contributed by atoms with van der Waals surface area (Å²) < 4.78 is 5.91. The molecule has 1 saturated carbocycles. The van der Waals surface area contributed by atoms with E-state index >= 15 is 0 Å². The van der Waals surface area contributed by atoms with Gasteiger partial charge in [0.25, 0.3) is 0 Å². The van der Waals surface area contributed by atoms with Crippen LogP contribution in [0.3, 0.4) is 0 Å². The van der Waals surface area contributed by atoms with Crippen LogP contribution in [-0.4, -0.2) is 0 Å². The highest BCUT2D eigenvalue weighted by atomic mass is 16.5. The highest BCUT2D eigenvalue weighted by Crippen LogP contribution is 2.41. The first kappa shape index (κ1) is 17.7. The maximum atomic E-state index is 5.91. The van der Waals surface area contributed by atoms with Gasteiger partial charge in [-0.2, -0.15) is 0 Å². The fourth-order valence-corrected chi connectivity index (χ4v) is 4.26. The van der Waals surface area contributed by atoms with E-state index in [4.69, 9.17) is 10.5 Å². The van der Waals surface area contributed by atoms with Gasteiger partial charge in [0.15, 0.2) is 0 Å². The van der Waals surface area contributed by atoms with Crippen LogP contribution >= 0.6 is 0 Å². The molecular formula is C25H27NO. The minimum Gasteiger partial charge on any atom is -0.457 e. The molecule has 1 fully saturated rings. The first-order valence-corrected chi connectivity index (χ1v) is 9.88. The van der Waals surface area contributed by atoms with Crippen LogP contribution in [0, 0.1) is 6.92 Å². The number of rotatable bonds is 4. The fraction of sp³-hybridized carbons (Fsp3) is 0.280. The van der Waals surface area contributed by atoms with Gasteiger partial charge in [-0.1, -0.05) is 36.4 Å². The predicted octanol–water partition coefficient (Wildman–Crippen LogP) is 6.81. The topological polar surface area (TPSA) is 35.2 Å². The van der Waals surface area contributed by atoms with Gasteiger partial charge < -0.3 is 10.5 Å². The summed E-state index contributed by atoms with van der Waals surface area (Å²) in [5, 5.41) is 0. The van der Waals surface area contributed by atoms with Crippen LogP contribution in [-0.2, 0) is 0 Å². The zero-order chi connectivity index (χ0) is 18.6. The van der Waals surface area contributed by atoms with E-state index in [1.807, 2.05) is 24.3 Å². The van der Waals surface area contributed by atoms with E-state index in [1.54, 1.807) is 5.56 Å². The number of nitrogens with two attached hydrogens (primary N) is 1. The highest BCUT2D eigenvalue weighted by molar-refractivity contribution is 5.43. The van der Waals surface area contributed by atoms with Crippen LogP contribution in [0.25, 0.3) is 0 Å². The molecule has 0 aliphatic heterocycles. The van der Waals surface area contributed by atoms with Gasteiger partial charge in [0.2, 0.25) is 0 Å². The lowest BCUT2D eigenvalue weighted by Crippen LogP contribution is -2.13. The molecule has 0 unspecified atom stereocenters. The number of nitrogen functional groups attached to an aromatic ring is 1. The van der Waals surface area contributed by atoms with E-state index in [2.05, 4.69) is 55.5 Å². The van der Waals surface area contributed by atoms with Gasteiger partial charge >= 0.3 is 0 Å². The summed E-state index contributed by atoms with van der Waals surface area (Å²) in [6, 6.07) is 25.0. The molecule has 3 aromatic carbocycles. The molecule has 2 heteroatoms. The second-order valence-electron chi connectivity index (χ2n) is 7.65. The molecule has 2 nitrogen and oxygen atoms in total. The molecule has 138 valence electrons. The maximum absolute atomic E-state index is 5.91. The zero-order valence-electron chi connectivity index (χ0n) is 15.9. The van der Waals surface area contributed by atoms with Crippen LogP contribution in [0.5, 0.6) is 11.5 Å². The van der Waals surface area contributed by atoms with Crippen molar-refractivity contribution in [3.63, 3.8) is 0 Å². The van der Waals surface area contributed by atoms with E-state index < -0.39 is 0 Å². The Balaban J connectivity index is 1.37. The van der Waals surface area contributed by atoms with Gasteiger partial charge in [-0.3, -0.25) is 0 Å². The Morgan fingerprint density at radius 2 is 1.26 bits per heavy atom. The maximum Gasteiger partial charge on any atom is 0.127 e. The zero-order valence-corrected chi connectivity index (χ0v) is 15.9. The second kappa shape index (κ2) is 7.87. The molecule has 0 bridgehead atoms. The van der Waals surface area contributed by atoms with Crippen molar-refractivity contribution in [2.24, 2.45) is 0 Å². The number of hydrogen-bond acceptors (Lipinski definition) is 2. The van der Waals surface area contributed by atoms with Gasteiger partial charge in [-0.15, -0.1) is 0 Å². The van der Waals surface area contributed by atoms with Crippen molar-refractivity contribution >= 4 is 5.69 Å². The van der Waals surface area contributed by atoms with Crippen molar-refractivity contribution in [3.05, 3.63) is 89.5 Å². The number of aryl methyl sites for hydroxylation is 1. The van der Waals surface area contributed by atoms with Gasteiger partial charge in [0, 0.05) is 5.69 Å². The lowest BCUT2D eigenvalue weighted by Gasteiger charge is -2.30. The molecule has 0 saturated heterocycles. The molecule has 0 aromatic heterocycles. The summed E-state index contributed by atoms with van der Waals surface area (Å²) in [7, 11) is 0. The summed E-state index contributed by atoms with van der Waals surface area (Å²) in [6.45, 7) is 2.24. The Kier molecular flexibility index (Phi) is 5.15. The number of ether oxygens (including phenoxy) is 1. The third-order valence-electron chi connectivity index (χ3n) is 5.82. The predicted molar refractivity (Wildman–Crippen MR) is 112 cm³/mol. The SMILES string of the molecule is Cc1ccccc1C1CCC(c2ccc(Oc3ccc(N)cc3)cc2)CC1. The summed E-state index contributed by atoms with van der Waals surface area (Å²) in [6.07, 6.45) is 5.08. The van der Waals surface area contributed by atoms with Crippen molar-refractivity contribution in [2.45, 2.75) is 44.4 Å². The standard InChI is InChI=1S/C25H27NO/c1-18-4-2-3-5-25(18)21-8-6-19(7-9-21)20-10-14-23(15-11-20)27-24-16-12-22(26)13-17-24/h2-5,10-17,19,21H,6-9,26H2,1H3. The van der Waals surface area contributed by atoms with Crippen LogP contribution in [0.4, 0.5) is 5.69 Å². The number of hydrogen-bond donors (Lipinski definition) is 1. The highest BCUT2D eigenvalue weighted by Gasteiger charge is 2.24. The third kappa shape index (κ3) is 4.16. The Hall–Kier alpha value is -2.74. The molecule has 0 spiro atoms. The van der Waals surface area contributed by atoms with Crippen molar-refractivity contribution in [1.82, 2.24) is 0 Å². The Labute approximate surface area is 162 Å². The van der Waals surface area contributed by atoms with E-state index in [0.29, 0.717) is 5.92 Å². The van der Waals surface area contributed by atoms with E-state index in [1.165, 1.54) is 36.8 Å². The van der Waals surface area contributed by atoms with Crippen LogP contribution < -0.4 is 10.5 Å². The largest absolute Gasteiger partial charge is 0.457 e. The average molecular weight is 357 g/mol. The molecule has 4 rings (SSSR count). The second-order valence-corrected chi connectivity index (χ2v) is 7.65. The molecule has 27 heavy (non-hydrogen) atoms. The fourth-order valence-electron chi connectivity index (χ4n) is 4.26. The van der Waals surface area contributed by atoms with Gasteiger partial charge in [-0.05, 0) is 97.5 Å². The van der Waals surface area contributed by atoms with Crippen molar-refractivity contribution in [1.29, 1.82) is 0 Å². The van der Waals surface area contributed by atoms with E-state index in [0.717, 1.165) is 23.1 Å². The molecule has 1 aliphatic carbocycles. The molecule has 0 amide bonds. The third-order valence-corrected chi connectivity index (χ3v) is 5.82. The summed E-state index contributed by atoms with van der Waals surface area (Å²) >= 11 is 0. The molecule has 0 atom stereocenters. The van der Waals surface area contributed by atoms with Gasteiger partial charge in [-0.25, -0.2) is 0 Å². The smallest absolute Gasteiger partial charge is 0.127 e. The quantitative estimate of drug-likeness (QED) is 0.520. The van der Waals surface area contributed by atoms with Crippen molar-refractivity contribution in [3.8, 4) is 11.5 Å². The molecule has 1 aliphatic rings. The average Bonchev–Trinajstić information content (AvgIpc) is 2.71. The van der Waals surface area contributed by atoms with Gasteiger partial charge in [0.05, 0.1) is 0 Å².